The molecule has 102 valence electrons. The van der Waals surface area contributed by atoms with Crippen molar-refractivity contribution in [3.8, 4) is 0 Å². The van der Waals surface area contributed by atoms with Gasteiger partial charge >= 0.3 is 0 Å². The maximum absolute atomic E-state index is 6.33. The van der Waals surface area contributed by atoms with Crippen LogP contribution in [0.2, 0.25) is 5.02 Å². The maximum atomic E-state index is 6.33. The molecule has 0 bridgehead atoms. The van der Waals surface area contributed by atoms with Crippen molar-refractivity contribution in [3.05, 3.63) is 59.1 Å². The van der Waals surface area contributed by atoms with Gasteiger partial charge in [-0.2, -0.15) is 0 Å². The van der Waals surface area contributed by atoms with Gasteiger partial charge in [-0.1, -0.05) is 47.6 Å². The van der Waals surface area contributed by atoms with Gasteiger partial charge in [0.2, 0.25) is 0 Å². The van der Waals surface area contributed by atoms with Gasteiger partial charge in [-0.15, -0.1) is 0 Å². The fourth-order valence-electron chi connectivity index (χ4n) is 2.10. The molecular weight excluding hydrogens is 288 g/mol. The van der Waals surface area contributed by atoms with E-state index >= 15 is 0 Å². The average molecular weight is 303 g/mol. The van der Waals surface area contributed by atoms with E-state index in [-0.39, 0.29) is 6.04 Å². The molecule has 0 aliphatic rings. The minimum absolute atomic E-state index is 0.000346. The molecular formula is C16H15ClN2S. The minimum atomic E-state index is -0.000346. The molecule has 3 N–H and O–H groups in total. The Morgan fingerprint density at radius 2 is 1.95 bits per heavy atom. The number of para-hydroxylation sites is 1. The summed E-state index contributed by atoms with van der Waals surface area (Å²) in [6.07, 6.45) is 0. The van der Waals surface area contributed by atoms with Gasteiger partial charge in [0.25, 0.3) is 0 Å². The molecule has 0 amide bonds. The van der Waals surface area contributed by atoms with Gasteiger partial charge in [-0.25, -0.2) is 0 Å². The van der Waals surface area contributed by atoms with E-state index < -0.39 is 0 Å². The van der Waals surface area contributed by atoms with E-state index in [0.29, 0.717) is 0 Å². The maximum Gasteiger partial charge on any atom is 0.0781 e. The monoisotopic (exact) mass is 302 g/mol. The number of rotatable bonds is 3. The van der Waals surface area contributed by atoms with Crippen molar-refractivity contribution in [1.82, 2.24) is 4.98 Å². The van der Waals surface area contributed by atoms with Crippen molar-refractivity contribution in [1.29, 1.82) is 0 Å². The Bertz CT molecular complexity index is 716. The van der Waals surface area contributed by atoms with Crippen molar-refractivity contribution in [3.63, 3.8) is 0 Å². The predicted octanol–water partition coefficient (Wildman–Crippen LogP) is 4.99. The molecule has 3 aromatic rings. The molecule has 3 rings (SSSR count). The van der Waals surface area contributed by atoms with Crippen LogP contribution in [0.5, 0.6) is 0 Å². The Hall–Kier alpha value is -1.42. The lowest BCUT2D eigenvalue weighted by atomic mass is 10.1. The van der Waals surface area contributed by atoms with Gasteiger partial charge in [0.15, 0.2) is 0 Å². The fourth-order valence-corrected chi connectivity index (χ4v) is 3.28. The van der Waals surface area contributed by atoms with Crippen LogP contribution < -0.4 is 5.73 Å². The number of halogens is 1. The van der Waals surface area contributed by atoms with E-state index in [1.165, 1.54) is 5.39 Å². The van der Waals surface area contributed by atoms with E-state index in [1.807, 2.05) is 37.3 Å². The van der Waals surface area contributed by atoms with Crippen LogP contribution in [0.15, 0.2) is 58.5 Å². The van der Waals surface area contributed by atoms with Gasteiger partial charge in [-0.3, -0.25) is 0 Å². The van der Waals surface area contributed by atoms with Crippen LogP contribution in [-0.4, -0.2) is 4.98 Å². The van der Waals surface area contributed by atoms with Gasteiger partial charge in [0, 0.05) is 21.8 Å². The minimum Gasteiger partial charge on any atom is -0.349 e. The zero-order valence-electron chi connectivity index (χ0n) is 11.1. The van der Waals surface area contributed by atoms with Crippen molar-refractivity contribution >= 4 is 34.3 Å². The third kappa shape index (κ3) is 2.70. The molecule has 20 heavy (non-hydrogen) atoms. The molecule has 0 aliphatic carbocycles. The Labute approximate surface area is 127 Å². The fraction of sp³-hybridized carbons (Fsp3) is 0.125. The van der Waals surface area contributed by atoms with Crippen molar-refractivity contribution in [2.75, 3.05) is 0 Å². The van der Waals surface area contributed by atoms with Gasteiger partial charge in [0.1, 0.15) is 0 Å². The first-order valence-corrected chi connectivity index (χ1v) is 7.63. The lowest BCUT2D eigenvalue weighted by Gasteiger charge is -2.08. The highest BCUT2D eigenvalue weighted by atomic mass is 35.5. The molecule has 0 aliphatic heterocycles. The lowest BCUT2D eigenvalue weighted by Crippen LogP contribution is -2.04. The summed E-state index contributed by atoms with van der Waals surface area (Å²) in [4.78, 5) is 4.42. The standard InChI is InChI=1S/C16H15ClN2S/c1-10(18)11-6-7-15(13(17)8-11)20-16-9-12-4-2-3-5-14(12)19-16/h2-10,19H,18H2,1H3/t10-/m0/s1. The lowest BCUT2D eigenvalue weighted by molar-refractivity contribution is 0.817. The average Bonchev–Trinajstić information content (AvgIpc) is 2.83. The zero-order chi connectivity index (χ0) is 14.1. The van der Waals surface area contributed by atoms with Crippen LogP contribution in [0.1, 0.15) is 18.5 Å². The number of fused-ring (bicyclic) bond motifs is 1. The Kier molecular flexibility index (Phi) is 3.74. The first-order chi connectivity index (χ1) is 9.63. The van der Waals surface area contributed by atoms with E-state index in [1.54, 1.807) is 11.8 Å². The molecule has 1 atom stereocenters. The summed E-state index contributed by atoms with van der Waals surface area (Å²) in [5, 5.41) is 3.03. The number of nitrogens with two attached hydrogens (primary N) is 1. The first-order valence-electron chi connectivity index (χ1n) is 6.44. The zero-order valence-corrected chi connectivity index (χ0v) is 12.6. The van der Waals surface area contributed by atoms with Crippen LogP contribution in [0.3, 0.4) is 0 Å². The second-order valence-corrected chi connectivity index (χ2v) is 6.29. The quantitative estimate of drug-likeness (QED) is 0.715. The highest BCUT2D eigenvalue weighted by Crippen LogP contribution is 2.35. The van der Waals surface area contributed by atoms with Crippen molar-refractivity contribution < 1.29 is 0 Å². The molecule has 2 nitrogen and oxygen atoms in total. The highest BCUT2D eigenvalue weighted by molar-refractivity contribution is 7.99. The molecule has 0 saturated carbocycles. The Morgan fingerprint density at radius 1 is 1.15 bits per heavy atom. The van der Waals surface area contributed by atoms with Gasteiger partial charge in [-0.05, 0) is 36.8 Å². The highest BCUT2D eigenvalue weighted by Gasteiger charge is 2.08. The number of H-pyrrole nitrogens is 1. The van der Waals surface area contributed by atoms with Crippen LogP contribution in [0, 0.1) is 0 Å². The molecule has 0 spiro atoms. The number of aromatic nitrogens is 1. The number of nitrogens with one attached hydrogen (secondary N) is 1. The SMILES string of the molecule is C[C@H](N)c1ccc(Sc2cc3ccccc3[nH]2)c(Cl)c1. The second-order valence-electron chi connectivity index (χ2n) is 4.80. The number of hydrogen-bond donors (Lipinski definition) is 2. The summed E-state index contributed by atoms with van der Waals surface area (Å²) >= 11 is 7.96. The molecule has 2 aromatic carbocycles. The summed E-state index contributed by atoms with van der Waals surface area (Å²) in [6.45, 7) is 1.95. The van der Waals surface area contributed by atoms with E-state index in [0.717, 1.165) is 26.0 Å². The van der Waals surface area contributed by atoms with Crippen molar-refractivity contribution in [2.24, 2.45) is 5.73 Å². The third-order valence-corrected chi connectivity index (χ3v) is 4.65. The van der Waals surface area contributed by atoms with E-state index in [4.69, 9.17) is 17.3 Å². The summed E-state index contributed by atoms with van der Waals surface area (Å²) < 4.78 is 0. The number of hydrogen-bond acceptors (Lipinski definition) is 2. The van der Waals surface area contributed by atoms with E-state index in [9.17, 15) is 0 Å². The number of benzene rings is 2. The van der Waals surface area contributed by atoms with Gasteiger partial charge in [0.05, 0.1) is 10.0 Å². The molecule has 0 fully saturated rings. The molecule has 1 heterocycles. The Balaban J connectivity index is 1.90. The van der Waals surface area contributed by atoms with Crippen LogP contribution in [-0.2, 0) is 0 Å². The topological polar surface area (TPSA) is 41.8 Å². The predicted molar refractivity (Wildman–Crippen MR) is 86.5 cm³/mol. The van der Waals surface area contributed by atoms with Gasteiger partial charge < -0.3 is 10.7 Å². The molecule has 0 saturated heterocycles. The number of aromatic amines is 1. The normalized spacial score (nSPS) is 12.8. The smallest absolute Gasteiger partial charge is 0.0781 e. The second kappa shape index (κ2) is 5.52. The molecule has 0 unspecified atom stereocenters. The third-order valence-electron chi connectivity index (χ3n) is 3.21. The van der Waals surface area contributed by atoms with Crippen molar-refractivity contribution in [2.45, 2.75) is 22.9 Å². The summed E-state index contributed by atoms with van der Waals surface area (Å²) in [7, 11) is 0. The van der Waals surface area contributed by atoms with Crippen LogP contribution >= 0.6 is 23.4 Å². The van der Waals surface area contributed by atoms with E-state index in [2.05, 4.69) is 23.2 Å². The summed E-state index contributed by atoms with van der Waals surface area (Å²) in [5.74, 6) is 0. The molecule has 0 radical (unpaired) electrons. The molecule has 1 aromatic heterocycles. The molecule has 4 heteroatoms. The largest absolute Gasteiger partial charge is 0.349 e. The summed E-state index contributed by atoms with van der Waals surface area (Å²) in [5.41, 5.74) is 8.05. The first kappa shape index (κ1) is 13.6. The van der Waals surface area contributed by atoms with Crippen LogP contribution in [0.4, 0.5) is 0 Å². The van der Waals surface area contributed by atoms with Crippen LogP contribution in [0.25, 0.3) is 10.9 Å². The summed E-state index contributed by atoms with van der Waals surface area (Å²) in [6, 6.07) is 16.4. The Morgan fingerprint density at radius 3 is 2.65 bits per heavy atom.